The molecule has 1 aliphatic rings. The van der Waals surface area contributed by atoms with Crippen LogP contribution in [0.15, 0.2) is 42.5 Å². The maximum absolute atomic E-state index is 11.6. The highest BCUT2D eigenvalue weighted by molar-refractivity contribution is 6.01. The Kier molecular flexibility index (Phi) is 2.95. The van der Waals surface area contributed by atoms with Crippen molar-refractivity contribution in [2.45, 2.75) is 19.4 Å². The molecule has 0 aromatic heterocycles. The Bertz CT molecular complexity index is 632. The van der Waals surface area contributed by atoms with Crippen LogP contribution in [0.4, 0.5) is 0 Å². The van der Waals surface area contributed by atoms with Gasteiger partial charge in [0.05, 0.1) is 0 Å². The molecule has 0 saturated heterocycles. The van der Waals surface area contributed by atoms with E-state index in [0.29, 0.717) is 13.0 Å². The van der Waals surface area contributed by atoms with Gasteiger partial charge in [0.15, 0.2) is 5.78 Å². The normalized spacial score (nSPS) is 13.4. The van der Waals surface area contributed by atoms with Crippen molar-refractivity contribution < 1.29 is 14.6 Å². The van der Waals surface area contributed by atoms with Gasteiger partial charge in [-0.15, -0.1) is 0 Å². The van der Waals surface area contributed by atoms with Crippen LogP contribution < -0.4 is 4.74 Å². The number of Topliss-reactive ketones (excluding diaryl/α,β-unsaturated/α-hetero) is 1. The number of rotatable bonds is 3. The number of hydrogen-bond acceptors (Lipinski definition) is 3. The van der Waals surface area contributed by atoms with Crippen molar-refractivity contribution in [2.75, 3.05) is 0 Å². The summed E-state index contributed by atoms with van der Waals surface area (Å²) >= 11 is 0. The summed E-state index contributed by atoms with van der Waals surface area (Å²) in [5.74, 6) is 1.19. The van der Waals surface area contributed by atoms with E-state index in [0.717, 1.165) is 28.9 Å². The summed E-state index contributed by atoms with van der Waals surface area (Å²) < 4.78 is 5.77. The van der Waals surface area contributed by atoms with Crippen LogP contribution in [0.3, 0.4) is 0 Å². The number of phenolic OH excluding ortho intramolecular Hbond substituents is 1. The highest BCUT2D eigenvalue weighted by atomic mass is 16.5. The molecule has 0 spiro atoms. The van der Waals surface area contributed by atoms with E-state index in [1.54, 1.807) is 18.2 Å². The average Bonchev–Trinajstić information content (AvgIpc) is 2.79. The van der Waals surface area contributed by atoms with Crippen molar-refractivity contribution >= 4 is 5.78 Å². The molecule has 0 fully saturated rings. The summed E-state index contributed by atoms with van der Waals surface area (Å²) in [4.78, 5) is 11.6. The number of fused-ring (bicyclic) bond motifs is 1. The molecule has 0 unspecified atom stereocenters. The fourth-order valence-electron chi connectivity index (χ4n) is 2.40. The monoisotopic (exact) mass is 254 g/mol. The van der Waals surface area contributed by atoms with Crippen LogP contribution in [0.5, 0.6) is 11.5 Å². The lowest BCUT2D eigenvalue weighted by molar-refractivity contribution is 0.0994. The Morgan fingerprint density at radius 2 is 1.95 bits per heavy atom. The van der Waals surface area contributed by atoms with E-state index < -0.39 is 0 Å². The van der Waals surface area contributed by atoms with Crippen molar-refractivity contribution in [1.29, 1.82) is 0 Å². The quantitative estimate of drug-likeness (QED) is 0.915. The van der Waals surface area contributed by atoms with Gasteiger partial charge >= 0.3 is 0 Å². The Morgan fingerprint density at radius 3 is 2.79 bits per heavy atom. The lowest BCUT2D eigenvalue weighted by Crippen LogP contribution is -1.99. The molecule has 2 aromatic carbocycles. The zero-order valence-corrected chi connectivity index (χ0v) is 10.4. The van der Waals surface area contributed by atoms with Gasteiger partial charge in [0.25, 0.3) is 0 Å². The largest absolute Gasteiger partial charge is 0.508 e. The van der Waals surface area contributed by atoms with E-state index in [9.17, 15) is 9.90 Å². The van der Waals surface area contributed by atoms with Crippen molar-refractivity contribution in [3.05, 3.63) is 59.2 Å². The predicted octanol–water partition coefficient (Wildman–Crippen LogP) is 3.10. The first-order valence-corrected chi connectivity index (χ1v) is 6.30. The molecule has 0 heterocycles. The van der Waals surface area contributed by atoms with E-state index >= 15 is 0 Å². The molecule has 0 atom stereocenters. The van der Waals surface area contributed by atoms with Gasteiger partial charge in [0.2, 0.25) is 0 Å². The predicted molar refractivity (Wildman–Crippen MR) is 71.5 cm³/mol. The summed E-state index contributed by atoms with van der Waals surface area (Å²) in [5.41, 5.74) is 2.70. The molecule has 1 aliphatic carbocycles. The fraction of sp³-hybridized carbons (Fsp3) is 0.188. The lowest BCUT2D eigenvalue weighted by atomic mass is 10.1. The molecule has 19 heavy (non-hydrogen) atoms. The molecule has 3 nitrogen and oxygen atoms in total. The highest BCUT2D eigenvalue weighted by Crippen LogP contribution is 2.31. The van der Waals surface area contributed by atoms with E-state index in [-0.39, 0.29) is 11.5 Å². The smallest absolute Gasteiger partial charge is 0.163 e. The number of hydrogen-bond donors (Lipinski definition) is 1. The highest BCUT2D eigenvalue weighted by Gasteiger charge is 2.22. The molecule has 3 heteroatoms. The molecule has 0 aliphatic heterocycles. The van der Waals surface area contributed by atoms with Crippen LogP contribution in [-0.2, 0) is 13.0 Å². The first-order valence-electron chi connectivity index (χ1n) is 6.30. The number of ether oxygens (including phenoxy) is 1. The summed E-state index contributed by atoms with van der Waals surface area (Å²) in [7, 11) is 0. The minimum Gasteiger partial charge on any atom is -0.508 e. The molecule has 0 radical (unpaired) electrons. The fourth-order valence-corrected chi connectivity index (χ4v) is 2.40. The van der Waals surface area contributed by atoms with Crippen LogP contribution in [0, 0.1) is 0 Å². The van der Waals surface area contributed by atoms with Crippen LogP contribution in [0.25, 0.3) is 0 Å². The Hall–Kier alpha value is -2.29. The molecule has 3 rings (SSSR count). The van der Waals surface area contributed by atoms with Gasteiger partial charge in [-0.05, 0) is 30.2 Å². The van der Waals surface area contributed by atoms with Gasteiger partial charge in [0, 0.05) is 17.5 Å². The maximum atomic E-state index is 11.6. The summed E-state index contributed by atoms with van der Waals surface area (Å²) in [6.07, 6.45) is 1.33. The second kappa shape index (κ2) is 4.76. The summed E-state index contributed by atoms with van der Waals surface area (Å²) in [6, 6.07) is 12.6. The molecule has 0 bridgehead atoms. The zero-order chi connectivity index (χ0) is 13.2. The Morgan fingerprint density at radius 1 is 1.11 bits per heavy atom. The number of carbonyl (C=O) groups excluding carboxylic acids is 1. The van der Waals surface area contributed by atoms with Gasteiger partial charge in [-0.2, -0.15) is 0 Å². The third-order valence-corrected chi connectivity index (χ3v) is 3.34. The second-order valence-electron chi connectivity index (χ2n) is 4.66. The molecule has 0 amide bonds. The third kappa shape index (κ3) is 2.32. The van der Waals surface area contributed by atoms with Gasteiger partial charge in [0.1, 0.15) is 18.1 Å². The zero-order valence-electron chi connectivity index (χ0n) is 10.4. The number of ketones is 1. The third-order valence-electron chi connectivity index (χ3n) is 3.34. The second-order valence-corrected chi connectivity index (χ2v) is 4.66. The first-order chi connectivity index (χ1) is 9.24. The van der Waals surface area contributed by atoms with Crippen LogP contribution in [0.2, 0.25) is 0 Å². The molecular formula is C16H14O3. The Balaban J connectivity index is 1.80. The van der Waals surface area contributed by atoms with Gasteiger partial charge < -0.3 is 9.84 Å². The van der Waals surface area contributed by atoms with E-state index in [2.05, 4.69) is 0 Å². The van der Waals surface area contributed by atoms with E-state index in [1.165, 1.54) is 0 Å². The molecule has 1 N–H and O–H groups in total. The van der Waals surface area contributed by atoms with Gasteiger partial charge in [-0.3, -0.25) is 4.79 Å². The number of aromatic hydroxyl groups is 1. The topological polar surface area (TPSA) is 46.5 Å². The minimum absolute atomic E-state index is 0.192. The molecule has 96 valence electrons. The maximum Gasteiger partial charge on any atom is 0.163 e. The van der Waals surface area contributed by atoms with Crippen molar-refractivity contribution in [3.8, 4) is 11.5 Å². The average molecular weight is 254 g/mol. The van der Waals surface area contributed by atoms with Crippen molar-refractivity contribution in [2.24, 2.45) is 0 Å². The first kappa shape index (κ1) is 11.8. The van der Waals surface area contributed by atoms with Crippen LogP contribution in [-0.4, -0.2) is 10.9 Å². The number of phenols is 1. The van der Waals surface area contributed by atoms with E-state index in [4.69, 9.17) is 4.74 Å². The molecule has 0 saturated carbocycles. The standard InChI is InChI=1S/C16H14O3/c17-12-4-1-3-11(9-12)10-19-16-6-2-5-13-14(16)7-8-15(13)18/h1-6,9,17H,7-8,10H2. The Labute approximate surface area is 111 Å². The van der Waals surface area contributed by atoms with Crippen LogP contribution in [0.1, 0.15) is 27.9 Å². The van der Waals surface area contributed by atoms with E-state index in [1.807, 2.05) is 24.3 Å². The summed E-state index contributed by atoms with van der Waals surface area (Å²) in [6.45, 7) is 0.388. The van der Waals surface area contributed by atoms with Crippen LogP contribution >= 0.6 is 0 Å². The number of benzene rings is 2. The lowest BCUT2D eigenvalue weighted by Gasteiger charge is -2.10. The summed E-state index contributed by atoms with van der Waals surface area (Å²) in [5, 5.41) is 9.40. The van der Waals surface area contributed by atoms with Crippen molar-refractivity contribution in [3.63, 3.8) is 0 Å². The van der Waals surface area contributed by atoms with Gasteiger partial charge in [-0.25, -0.2) is 0 Å². The molecule has 2 aromatic rings. The SMILES string of the molecule is O=C1CCc2c(OCc3cccc(O)c3)cccc21. The van der Waals surface area contributed by atoms with Gasteiger partial charge in [-0.1, -0.05) is 24.3 Å². The number of carbonyl (C=O) groups is 1. The minimum atomic E-state index is 0.192. The van der Waals surface area contributed by atoms with Crippen molar-refractivity contribution in [1.82, 2.24) is 0 Å². The molecular weight excluding hydrogens is 240 g/mol.